The maximum absolute atomic E-state index is 13.7. The third kappa shape index (κ3) is 3.96. The number of halogens is 1. The number of aryl methyl sites for hydroxylation is 1. The van der Waals surface area contributed by atoms with E-state index in [1.165, 1.54) is 16.3 Å². The van der Waals surface area contributed by atoms with Crippen molar-refractivity contribution in [2.24, 2.45) is 0 Å². The molecule has 0 aliphatic carbocycles. The molecule has 0 spiro atoms. The lowest BCUT2D eigenvalue weighted by Gasteiger charge is -2.00. The summed E-state index contributed by atoms with van der Waals surface area (Å²) in [5, 5.41) is 8.10. The van der Waals surface area contributed by atoms with Gasteiger partial charge in [-0.1, -0.05) is 48.5 Å². The van der Waals surface area contributed by atoms with E-state index in [9.17, 15) is 4.39 Å². The Morgan fingerprint density at radius 1 is 1.09 bits per heavy atom. The standard InChI is InChI=1S/C16H14FN3.CO2/c1-2-12-7-9-13(10-8-12)15-11-20(19-18-15)16-6-4-3-5-14(16)17;2-1-3/h3-11H,2H2,1H3;. The largest absolute Gasteiger partial charge is 0.373 e. The minimum Gasteiger partial charge on any atom is -0.217 e. The first-order chi connectivity index (χ1) is 11.2. The second-order valence-corrected chi connectivity index (χ2v) is 4.63. The zero-order chi connectivity index (χ0) is 16.7. The molecule has 2 aromatic carbocycles. The SMILES string of the molecule is CCc1ccc(-c2cn(-c3ccccc3F)nn2)cc1.O=C=O. The van der Waals surface area contributed by atoms with Crippen LogP contribution in [0.15, 0.2) is 54.7 Å². The molecule has 0 bridgehead atoms. The molecule has 0 atom stereocenters. The molecular formula is C17H14FN3O2. The molecule has 3 aromatic rings. The van der Waals surface area contributed by atoms with E-state index < -0.39 is 0 Å². The molecule has 5 nitrogen and oxygen atoms in total. The summed E-state index contributed by atoms with van der Waals surface area (Å²) in [5.74, 6) is -0.315. The molecule has 0 amide bonds. The molecule has 0 saturated carbocycles. The highest BCUT2D eigenvalue weighted by molar-refractivity contribution is 5.58. The Kier molecular flexibility index (Phi) is 5.50. The van der Waals surface area contributed by atoms with Crippen molar-refractivity contribution >= 4 is 6.15 Å². The molecular weight excluding hydrogens is 297 g/mol. The highest BCUT2D eigenvalue weighted by Crippen LogP contribution is 2.19. The minimum absolute atomic E-state index is 0.250. The van der Waals surface area contributed by atoms with Crippen LogP contribution in [0, 0.1) is 5.82 Å². The molecule has 3 rings (SSSR count). The monoisotopic (exact) mass is 311 g/mol. The maximum atomic E-state index is 13.7. The van der Waals surface area contributed by atoms with E-state index in [2.05, 4.69) is 29.4 Å². The van der Waals surface area contributed by atoms with Gasteiger partial charge in [-0.05, 0) is 24.1 Å². The van der Waals surface area contributed by atoms with Crippen LogP contribution >= 0.6 is 0 Å². The van der Waals surface area contributed by atoms with Crippen LogP contribution in [0.3, 0.4) is 0 Å². The molecule has 0 aliphatic rings. The Morgan fingerprint density at radius 3 is 2.35 bits per heavy atom. The van der Waals surface area contributed by atoms with Gasteiger partial charge in [-0.3, -0.25) is 0 Å². The number of benzene rings is 2. The lowest BCUT2D eigenvalue weighted by molar-refractivity contribution is -0.191. The third-order valence-corrected chi connectivity index (χ3v) is 3.25. The van der Waals surface area contributed by atoms with Crippen molar-refractivity contribution in [1.82, 2.24) is 15.0 Å². The summed E-state index contributed by atoms with van der Waals surface area (Å²) in [5.41, 5.74) is 3.38. The highest BCUT2D eigenvalue weighted by Gasteiger charge is 2.08. The summed E-state index contributed by atoms with van der Waals surface area (Å²) in [6, 6.07) is 14.7. The van der Waals surface area contributed by atoms with E-state index in [0.29, 0.717) is 5.69 Å². The summed E-state index contributed by atoms with van der Waals surface area (Å²) in [4.78, 5) is 16.2. The Balaban J connectivity index is 0.000000595. The van der Waals surface area contributed by atoms with Gasteiger partial charge in [0.15, 0.2) is 0 Å². The average Bonchev–Trinajstić information content (AvgIpc) is 3.06. The van der Waals surface area contributed by atoms with Gasteiger partial charge in [0, 0.05) is 5.56 Å². The number of nitrogens with zero attached hydrogens (tertiary/aromatic N) is 3. The van der Waals surface area contributed by atoms with Crippen LogP contribution in [0.5, 0.6) is 0 Å². The molecule has 0 N–H and O–H groups in total. The van der Waals surface area contributed by atoms with Crippen molar-refractivity contribution < 1.29 is 14.0 Å². The zero-order valence-corrected chi connectivity index (χ0v) is 12.4. The number of hydrogen-bond donors (Lipinski definition) is 0. The number of rotatable bonds is 3. The van der Waals surface area contributed by atoms with Crippen LogP contribution in [0.1, 0.15) is 12.5 Å². The van der Waals surface area contributed by atoms with E-state index >= 15 is 0 Å². The number of carbonyl (C=O) groups excluding carboxylic acids is 2. The van der Waals surface area contributed by atoms with E-state index in [1.807, 2.05) is 12.1 Å². The van der Waals surface area contributed by atoms with Crippen LogP contribution in [-0.2, 0) is 16.0 Å². The quantitative estimate of drug-likeness (QED) is 0.745. The van der Waals surface area contributed by atoms with Crippen LogP contribution in [0.4, 0.5) is 4.39 Å². The second kappa shape index (κ2) is 7.77. The smallest absolute Gasteiger partial charge is 0.217 e. The first-order valence-electron chi connectivity index (χ1n) is 6.95. The van der Waals surface area contributed by atoms with Gasteiger partial charge in [0.25, 0.3) is 0 Å². The van der Waals surface area contributed by atoms with Gasteiger partial charge in [-0.15, -0.1) is 5.10 Å². The van der Waals surface area contributed by atoms with E-state index in [0.717, 1.165) is 17.7 Å². The lowest BCUT2D eigenvalue weighted by Crippen LogP contribution is -1.97. The van der Waals surface area contributed by atoms with Crippen molar-refractivity contribution in [3.8, 4) is 16.9 Å². The molecule has 0 aliphatic heterocycles. The van der Waals surface area contributed by atoms with Gasteiger partial charge in [-0.25, -0.2) is 9.07 Å². The molecule has 0 radical (unpaired) electrons. The van der Waals surface area contributed by atoms with Crippen molar-refractivity contribution in [3.63, 3.8) is 0 Å². The first-order valence-corrected chi connectivity index (χ1v) is 6.95. The summed E-state index contributed by atoms with van der Waals surface area (Å²) >= 11 is 0. The average molecular weight is 311 g/mol. The van der Waals surface area contributed by atoms with Gasteiger partial charge in [0.2, 0.25) is 0 Å². The molecule has 0 unspecified atom stereocenters. The van der Waals surface area contributed by atoms with Crippen molar-refractivity contribution in [2.45, 2.75) is 13.3 Å². The van der Waals surface area contributed by atoms with Crippen LogP contribution < -0.4 is 0 Å². The van der Waals surface area contributed by atoms with Gasteiger partial charge >= 0.3 is 6.15 Å². The fourth-order valence-electron chi connectivity index (χ4n) is 2.06. The van der Waals surface area contributed by atoms with Crippen LogP contribution in [0.2, 0.25) is 0 Å². The Labute approximate surface area is 132 Å². The summed E-state index contributed by atoms with van der Waals surface area (Å²) in [6.45, 7) is 2.11. The third-order valence-electron chi connectivity index (χ3n) is 3.25. The molecule has 6 heteroatoms. The lowest BCUT2D eigenvalue weighted by atomic mass is 10.1. The van der Waals surface area contributed by atoms with Crippen LogP contribution in [0.25, 0.3) is 16.9 Å². The molecule has 0 saturated heterocycles. The Morgan fingerprint density at radius 2 is 1.74 bits per heavy atom. The van der Waals surface area contributed by atoms with Gasteiger partial charge < -0.3 is 0 Å². The Hall–Kier alpha value is -3.11. The van der Waals surface area contributed by atoms with Crippen molar-refractivity contribution in [2.75, 3.05) is 0 Å². The van der Waals surface area contributed by atoms with E-state index in [4.69, 9.17) is 9.59 Å². The number of aromatic nitrogens is 3. The molecule has 23 heavy (non-hydrogen) atoms. The zero-order valence-electron chi connectivity index (χ0n) is 12.4. The number of hydrogen-bond acceptors (Lipinski definition) is 4. The predicted molar refractivity (Wildman–Crippen MR) is 81.1 cm³/mol. The van der Waals surface area contributed by atoms with Crippen molar-refractivity contribution in [1.29, 1.82) is 0 Å². The topological polar surface area (TPSA) is 64.8 Å². The first kappa shape index (κ1) is 16.3. The fourth-order valence-corrected chi connectivity index (χ4v) is 2.06. The second-order valence-electron chi connectivity index (χ2n) is 4.63. The van der Waals surface area contributed by atoms with Gasteiger partial charge in [0.05, 0.1) is 6.20 Å². The number of para-hydroxylation sites is 1. The van der Waals surface area contributed by atoms with Gasteiger partial charge in [0.1, 0.15) is 17.2 Å². The van der Waals surface area contributed by atoms with Crippen molar-refractivity contribution in [3.05, 3.63) is 66.1 Å². The van der Waals surface area contributed by atoms with E-state index in [-0.39, 0.29) is 12.0 Å². The fraction of sp³-hybridized carbons (Fsp3) is 0.118. The Bertz CT molecular complexity index is 807. The molecule has 116 valence electrons. The summed E-state index contributed by atoms with van der Waals surface area (Å²) < 4.78 is 15.2. The highest BCUT2D eigenvalue weighted by atomic mass is 19.1. The van der Waals surface area contributed by atoms with Crippen LogP contribution in [-0.4, -0.2) is 21.1 Å². The van der Waals surface area contributed by atoms with Gasteiger partial charge in [-0.2, -0.15) is 9.59 Å². The predicted octanol–water partition coefficient (Wildman–Crippen LogP) is 3.05. The van der Waals surface area contributed by atoms with E-state index in [1.54, 1.807) is 24.4 Å². The normalized spacial score (nSPS) is 9.65. The molecule has 0 fully saturated rings. The summed E-state index contributed by atoms with van der Waals surface area (Å²) in [6.07, 6.45) is 2.99. The molecule has 1 aromatic heterocycles. The summed E-state index contributed by atoms with van der Waals surface area (Å²) in [7, 11) is 0. The minimum atomic E-state index is -0.315. The molecule has 1 heterocycles. The maximum Gasteiger partial charge on any atom is 0.373 e.